The molecular weight excluding hydrogens is 309 g/mol. The molecule has 0 radical (unpaired) electrons. The first-order chi connectivity index (χ1) is 9.01. The first-order valence-corrected chi connectivity index (χ1v) is 6.53. The molecule has 0 bridgehead atoms. The molecule has 0 unspecified atom stereocenters. The third-order valence-corrected chi connectivity index (χ3v) is 3.47. The van der Waals surface area contributed by atoms with Crippen molar-refractivity contribution in [3.8, 4) is 11.6 Å². The SMILES string of the molecule is Cc1cc(CO)cnc1Oc1cc(Cl)c(Cl)cc1Cl. The molecule has 6 heteroatoms. The van der Waals surface area contributed by atoms with Gasteiger partial charge in [-0.25, -0.2) is 4.98 Å². The van der Waals surface area contributed by atoms with Crippen LogP contribution in [0.25, 0.3) is 0 Å². The van der Waals surface area contributed by atoms with Gasteiger partial charge in [0.05, 0.1) is 21.7 Å². The molecule has 100 valence electrons. The van der Waals surface area contributed by atoms with Crippen LogP contribution in [0.3, 0.4) is 0 Å². The van der Waals surface area contributed by atoms with E-state index in [9.17, 15) is 0 Å². The maximum atomic E-state index is 9.02. The van der Waals surface area contributed by atoms with Crippen molar-refractivity contribution < 1.29 is 9.84 Å². The summed E-state index contributed by atoms with van der Waals surface area (Å²) >= 11 is 17.8. The van der Waals surface area contributed by atoms with Crippen LogP contribution in [-0.4, -0.2) is 10.1 Å². The van der Waals surface area contributed by atoms with E-state index in [-0.39, 0.29) is 6.61 Å². The largest absolute Gasteiger partial charge is 0.437 e. The molecule has 0 saturated heterocycles. The van der Waals surface area contributed by atoms with Gasteiger partial charge in [-0.15, -0.1) is 0 Å². The van der Waals surface area contributed by atoms with Gasteiger partial charge in [-0.3, -0.25) is 0 Å². The zero-order valence-corrected chi connectivity index (χ0v) is 12.2. The normalized spacial score (nSPS) is 10.6. The summed E-state index contributed by atoms with van der Waals surface area (Å²) in [6.07, 6.45) is 1.54. The molecular formula is C13H10Cl3NO2. The summed E-state index contributed by atoms with van der Waals surface area (Å²) in [4.78, 5) is 4.12. The van der Waals surface area contributed by atoms with Crippen molar-refractivity contribution in [2.75, 3.05) is 0 Å². The minimum atomic E-state index is -0.0678. The number of aryl methyl sites for hydroxylation is 1. The summed E-state index contributed by atoms with van der Waals surface area (Å²) in [5.74, 6) is 0.779. The molecule has 1 aromatic carbocycles. The number of hydrogen-bond acceptors (Lipinski definition) is 3. The van der Waals surface area contributed by atoms with E-state index in [1.807, 2.05) is 6.92 Å². The fourth-order valence-corrected chi connectivity index (χ4v) is 2.08. The lowest BCUT2D eigenvalue weighted by molar-refractivity contribution is 0.281. The minimum absolute atomic E-state index is 0.0678. The lowest BCUT2D eigenvalue weighted by atomic mass is 10.2. The average molecular weight is 319 g/mol. The molecule has 0 aliphatic carbocycles. The lowest BCUT2D eigenvalue weighted by Crippen LogP contribution is -1.94. The molecule has 1 N–H and O–H groups in total. The zero-order chi connectivity index (χ0) is 14.0. The second-order valence-corrected chi connectivity index (χ2v) is 5.14. The molecule has 0 saturated carbocycles. The smallest absolute Gasteiger partial charge is 0.222 e. The van der Waals surface area contributed by atoms with Gasteiger partial charge in [-0.1, -0.05) is 34.8 Å². The van der Waals surface area contributed by atoms with Crippen molar-refractivity contribution in [3.05, 3.63) is 50.6 Å². The quantitative estimate of drug-likeness (QED) is 0.839. The summed E-state index contributed by atoms with van der Waals surface area (Å²) in [5.41, 5.74) is 1.50. The molecule has 0 spiro atoms. The Morgan fingerprint density at radius 1 is 1.11 bits per heavy atom. The third kappa shape index (κ3) is 3.31. The number of aliphatic hydroxyl groups is 1. The molecule has 1 heterocycles. The van der Waals surface area contributed by atoms with E-state index < -0.39 is 0 Å². The summed E-state index contributed by atoms with van der Waals surface area (Å²) in [6, 6.07) is 4.83. The van der Waals surface area contributed by atoms with Crippen LogP contribution < -0.4 is 4.74 Å². The van der Waals surface area contributed by atoms with E-state index in [1.54, 1.807) is 6.07 Å². The Morgan fingerprint density at radius 2 is 1.79 bits per heavy atom. The van der Waals surface area contributed by atoms with Crippen molar-refractivity contribution in [1.82, 2.24) is 4.98 Å². The summed E-state index contributed by atoms with van der Waals surface area (Å²) < 4.78 is 5.61. The highest BCUT2D eigenvalue weighted by Crippen LogP contribution is 2.36. The standard InChI is InChI=1S/C13H10Cl3NO2/c1-7-2-8(6-18)5-17-13(7)19-12-4-10(15)9(14)3-11(12)16/h2-5,18H,6H2,1H3. The third-order valence-electron chi connectivity index (χ3n) is 2.45. The molecule has 1 aromatic heterocycles. The van der Waals surface area contributed by atoms with Crippen LogP contribution >= 0.6 is 34.8 Å². The van der Waals surface area contributed by atoms with E-state index in [0.29, 0.717) is 32.3 Å². The summed E-state index contributed by atoms with van der Waals surface area (Å²) in [7, 11) is 0. The Hall–Kier alpha value is -1.000. The first-order valence-electron chi connectivity index (χ1n) is 5.40. The van der Waals surface area contributed by atoms with Crippen molar-refractivity contribution in [2.45, 2.75) is 13.5 Å². The number of aliphatic hydroxyl groups excluding tert-OH is 1. The van der Waals surface area contributed by atoms with Crippen LogP contribution in [0.1, 0.15) is 11.1 Å². The van der Waals surface area contributed by atoms with Crippen LogP contribution in [0.4, 0.5) is 0 Å². The summed E-state index contributed by atoms with van der Waals surface area (Å²) in [6.45, 7) is 1.76. The second kappa shape index (κ2) is 5.97. The zero-order valence-electron chi connectivity index (χ0n) is 9.95. The maximum Gasteiger partial charge on any atom is 0.222 e. The topological polar surface area (TPSA) is 42.4 Å². The molecule has 0 aliphatic rings. The van der Waals surface area contributed by atoms with Crippen LogP contribution in [0.15, 0.2) is 24.4 Å². The van der Waals surface area contributed by atoms with E-state index >= 15 is 0 Å². The molecule has 0 atom stereocenters. The van der Waals surface area contributed by atoms with E-state index in [2.05, 4.69) is 4.98 Å². The molecule has 0 amide bonds. The Labute approximate surface area is 125 Å². The van der Waals surface area contributed by atoms with E-state index in [4.69, 9.17) is 44.6 Å². The van der Waals surface area contributed by atoms with Gasteiger partial charge in [0.2, 0.25) is 5.88 Å². The predicted molar refractivity (Wildman–Crippen MR) is 76.4 cm³/mol. The fourth-order valence-electron chi connectivity index (χ4n) is 1.50. The lowest BCUT2D eigenvalue weighted by Gasteiger charge is -2.10. The fraction of sp³-hybridized carbons (Fsp3) is 0.154. The molecule has 19 heavy (non-hydrogen) atoms. The van der Waals surface area contributed by atoms with E-state index in [1.165, 1.54) is 18.3 Å². The van der Waals surface area contributed by atoms with Gasteiger partial charge in [0.25, 0.3) is 0 Å². The molecule has 2 aromatic rings. The van der Waals surface area contributed by atoms with Gasteiger partial charge in [0.15, 0.2) is 0 Å². The molecule has 3 nitrogen and oxygen atoms in total. The van der Waals surface area contributed by atoms with Crippen molar-refractivity contribution >= 4 is 34.8 Å². The number of pyridine rings is 1. The highest BCUT2D eigenvalue weighted by Gasteiger charge is 2.10. The number of hydrogen-bond donors (Lipinski definition) is 1. The highest BCUT2D eigenvalue weighted by atomic mass is 35.5. The van der Waals surface area contributed by atoms with Crippen molar-refractivity contribution in [2.24, 2.45) is 0 Å². The van der Waals surface area contributed by atoms with E-state index in [0.717, 1.165) is 5.56 Å². The molecule has 2 rings (SSSR count). The summed E-state index contributed by atoms with van der Waals surface area (Å²) in [5, 5.41) is 10.1. The highest BCUT2D eigenvalue weighted by molar-refractivity contribution is 6.43. The van der Waals surface area contributed by atoms with Gasteiger partial charge in [0.1, 0.15) is 5.75 Å². The van der Waals surface area contributed by atoms with Gasteiger partial charge in [0, 0.05) is 17.8 Å². The van der Waals surface area contributed by atoms with Gasteiger partial charge < -0.3 is 9.84 Å². The van der Waals surface area contributed by atoms with Gasteiger partial charge in [-0.2, -0.15) is 0 Å². The first kappa shape index (κ1) is 14.4. The minimum Gasteiger partial charge on any atom is -0.437 e. The number of aromatic nitrogens is 1. The van der Waals surface area contributed by atoms with Crippen LogP contribution in [0.5, 0.6) is 11.6 Å². The van der Waals surface area contributed by atoms with Crippen LogP contribution in [0.2, 0.25) is 15.1 Å². The Bertz CT molecular complexity index is 617. The Morgan fingerprint density at radius 3 is 2.42 bits per heavy atom. The van der Waals surface area contributed by atoms with Crippen LogP contribution in [0, 0.1) is 6.92 Å². The monoisotopic (exact) mass is 317 g/mol. The van der Waals surface area contributed by atoms with Gasteiger partial charge >= 0.3 is 0 Å². The van der Waals surface area contributed by atoms with Crippen molar-refractivity contribution in [3.63, 3.8) is 0 Å². The number of ether oxygens (including phenoxy) is 1. The Kier molecular flexibility index (Phi) is 4.53. The number of halogens is 3. The van der Waals surface area contributed by atoms with Crippen LogP contribution in [-0.2, 0) is 6.61 Å². The number of benzene rings is 1. The van der Waals surface area contributed by atoms with Gasteiger partial charge in [-0.05, 0) is 24.6 Å². The maximum absolute atomic E-state index is 9.02. The van der Waals surface area contributed by atoms with Crippen molar-refractivity contribution in [1.29, 1.82) is 0 Å². The Balaban J connectivity index is 2.33. The number of nitrogens with zero attached hydrogens (tertiary/aromatic N) is 1. The molecule has 0 aliphatic heterocycles. The molecule has 0 fully saturated rings. The predicted octanol–water partition coefficient (Wildman–Crippen LogP) is 4.63. The average Bonchev–Trinajstić information content (AvgIpc) is 2.38. The number of rotatable bonds is 3. The second-order valence-electron chi connectivity index (χ2n) is 3.92.